The van der Waals surface area contributed by atoms with Gasteiger partial charge >= 0.3 is 29.6 Å². The molecule has 2 aromatic rings. The number of rotatable bonds is 8. The number of hydrogen-bond acceptors (Lipinski definition) is 13. The van der Waals surface area contributed by atoms with Crippen LogP contribution in [0.1, 0.15) is 10.7 Å². The summed E-state index contributed by atoms with van der Waals surface area (Å²) in [6.07, 6.45) is -0.226. The fourth-order valence-electron chi connectivity index (χ4n) is 3.15. The van der Waals surface area contributed by atoms with E-state index >= 15 is 0 Å². The van der Waals surface area contributed by atoms with Gasteiger partial charge in [0, 0.05) is 16.9 Å². The van der Waals surface area contributed by atoms with Crippen LogP contribution < -0.4 is 44.8 Å². The van der Waals surface area contributed by atoms with Gasteiger partial charge in [-0.05, 0) is 5.57 Å². The number of aliphatic hydroxyl groups is 1. The second kappa shape index (κ2) is 10.9. The molecule has 2 amide bonds. The molecular formula is C16H15N6NaO6S4. The van der Waals surface area contributed by atoms with E-state index < -0.39 is 29.2 Å². The van der Waals surface area contributed by atoms with Gasteiger partial charge in [0.1, 0.15) is 16.4 Å². The first kappa shape index (κ1) is 26.2. The van der Waals surface area contributed by atoms with Gasteiger partial charge in [0.05, 0.1) is 30.4 Å². The van der Waals surface area contributed by atoms with Crippen LogP contribution in [-0.4, -0.2) is 70.8 Å². The Hall–Kier alpha value is -1.40. The van der Waals surface area contributed by atoms with E-state index in [1.54, 1.807) is 0 Å². The number of β-lactam (4-membered cyclic amide) rings is 1. The summed E-state index contributed by atoms with van der Waals surface area (Å²) in [7, 11) is 0. The third-order valence-corrected chi connectivity index (χ3v) is 8.88. The summed E-state index contributed by atoms with van der Waals surface area (Å²) in [6.45, 7) is -0.229. The van der Waals surface area contributed by atoms with Gasteiger partial charge in [0.25, 0.3) is 5.91 Å². The third kappa shape index (κ3) is 5.32. The number of carbonyl (C=O) groups excluding carboxylic acids is 3. The van der Waals surface area contributed by atoms with Crippen LogP contribution in [0, 0.1) is 5.41 Å². The van der Waals surface area contributed by atoms with Crippen LogP contribution in [0.3, 0.4) is 0 Å². The first-order chi connectivity index (χ1) is 15.3. The molecular weight excluding hydrogens is 523 g/mol. The van der Waals surface area contributed by atoms with Crippen molar-refractivity contribution in [3.63, 3.8) is 0 Å². The predicted octanol–water partition coefficient (Wildman–Crippen LogP) is -4.65. The van der Waals surface area contributed by atoms with E-state index in [0.29, 0.717) is 25.4 Å². The van der Waals surface area contributed by atoms with Gasteiger partial charge < -0.3 is 25.5 Å². The monoisotopic (exact) mass is 538 g/mol. The molecule has 4 N–H and O–H groups in total. The van der Waals surface area contributed by atoms with Crippen molar-refractivity contribution in [1.29, 1.82) is 5.41 Å². The van der Waals surface area contributed by atoms with Crippen LogP contribution in [0.5, 0.6) is 0 Å². The van der Waals surface area contributed by atoms with Gasteiger partial charge in [-0.25, -0.2) is 0 Å². The van der Waals surface area contributed by atoms with Crippen molar-refractivity contribution in [1.82, 2.24) is 25.1 Å². The van der Waals surface area contributed by atoms with Gasteiger partial charge in [-0.1, -0.05) is 23.1 Å². The maximum atomic E-state index is 12.7. The van der Waals surface area contributed by atoms with E-state index in [-0.39, 0.29) is 64.5 Å². The summed E-state index contributed by atoms with van der Waals surface area (Å²) < 4.78 is 1.16. The second-order valence-corrected chi connectivity index (χ2v) is 10.9. The first-order valence-electron chi connectivity index (χ1n) is 8.96. The van der Waals surface area contributed by atoms with E-state index in [9.17, 15) is 24.7 Å². The number of fused-ring (bicyclic) bond motifs is 1. The van der Waals surface area contributed by atoms with E-state index in [4.69, 9.17) is 10.5 Å². The molecule has 4 rings (SSSR count). The summed E-state index contributed by atoms with van der Waals surface area (Å²) in [5.41, 5.74) is 0.513. The van der Waals surface area contributed by atoms with Crippen LogP contribution in [0.2, 0.25) is 0 Å². The summed E-state index contributed by atoms with van der Waals surface area (Å²) in [6, 6.07) is -0.896. The zero-order chi connectivity index (χ0) is 23.0. The fourth-order valence-corrected chi connectivity index (χ4v) is 7.04. The van der Waals surface area contributed by atoms with Crippen LogP contribution in [0.25, 0.3) is 0 Å². The van der Waals surface area contributed by atoms with Crippen molar-refractivity contribution in [3.05, 3.63) is 32.2 Å². The van der Waals surface area contributed by atoms with E-state index in [1.807, 2.05) is 0 Å². The predicted molar refractivity (Wildman–Crippen MR) is 113 cm³/mol. The van der Waals surface area contributed by atoms with Crippen molar-refractivity contribution in [2.24, 2.45) is 0 Å². The molecule has 170 valence electrons. The molecule has 4 heterocycles. The molecule has 1 saturated heterocycles. The quantitative estimate of drug-likeness (QED) is 0.110. The van der Waals surface area contributed by atoms with Gasteiger partial charge in [-0.3, -0.25) is 19.9 Å². The first-order valence-corrected chi connectivity index (χ1v) is 12.7. The molecule has 0 spiro atoms. The topological polar surface area (TPSA) is 185 Å². The summed E-state index contributed by atoms with van der Waals surface area (Å²) in [5, 5.41) is 49.6. The molecule has 1 fully saturated rings. The molecule has 0 aromatic carbocycles. The number of amides is 2. The molecule has 17 heteroatoms. The standard InChI is InChI=1S/C16H16N6O6S4.Na/c17-15-22(28)7(5-30-15)1-8(24)18-10-12(25)21-11(14(26)27)6(3-29-13(10)21)4-31-16-20-19-9(2-23)32-16;/h5,10,13,17,23,28H,1-4H2,(H,18,24)(H,26,27);/q;+1/p-1/t10?,13-;/m0./s1. The number of carbonyl (C=O) groups is 3. The Morgan fingerprint density at radius 2 is 2.15 bits per heavy atom. The zero-order valence-electron chi connectivity index (χ0n) is 17.0. The number of aliphatic carboxylic acids is 1. The average molecular weight is 539 g/mol. The maximum Gasteiger partial charge on any atom is 1.00 e. The Morgan fingerprint density at radius 3 is 2.76 bits per heavy atom. The van der Waals surface area contributed by atoms with E-state index in [0.717, 1.165) is 16.2 Å². The maximum absolute atomic E-state index is 12.7. The summed E-state index contributed by atoms with van der Waals surface area (Å²) in [4.78, 5) is 37.8. The number of hydrogen-bond donors (Lipinski definition) is 4. The smallest absolute Gasteiger partial charge is 0.543 e. The largest absolute Gasteiger partial charge is 1.00 e. The molecule has 0 aliphatic carbocycles. The number of aromatic nitrogens is 3. The Labute approximate surface area is 224 Å². The zero-order valence-corrected chi connectivity index (χ0v) is 22.3. The summed E-state index contributed by atoms with van der Waals surface area (Å²) >= 11 is 4.74. The van der Waals surface area contributed by atoms with Crippen LogP contribution >= 0.6 is 46.2 Å². The van der Waals surface area contributed by atoms with Crippen molar-refractivity contribution in [2.75, 3.05) is 11.5 Å². The third-order valence-electron chi connectivity index (χ3n) is 4.62. The van der Waals surface area contributed by atoms with Gasteiger partial charge in [0.2, 0.25) is 10.7 Å². The van der Waals surface area contributed by atoms with Gasteiger partial charge in [0.15, 0.2) is 4.34 Å². The number of aliphatic hydroxyl groups excluding tert-OH is 1. The second-order valence-electron chi connectivity index (χ2n) is 6.62. The molecule has 12 nitrogen and oxygen atoms in total. The molecule has 0 bridgehead atoms. The van der Waals surface area contributed by atoms with Crippen LogP contribution in [0.15, 0.2) is 21.0 Å². The minimum atomic E-state index is -1.47. The molecule has 2 aliphatic heterocycles. The molecule has 2 aromatic heterocycles. The average Bonchev–Trinajstić information content (AvgIpc) is 3.36. The van der Waals surface area contributed by atoms with Crippen molar-refractivity contribution >= 4 is 64.0 Å². The molecule has 2 aliphatic rings. The molecule has 0 radical (unpaired) electrons. The molecule has 0 saturated carbocycles. The van der Waals surface area contributed by atoms with Gasteiger partial charge in [-0.2, -0.15) is 4.73 Å². The number of carboxylic acid groups (broad SMARTS) is 1. The molecule has 33 heavy (non-hydrogen) atoms. The Kier molecular flexibility index (Phi) is 8.66. The summed E-state index contributed by atoms with van der Waals surface area (Å²) in [5.74, 6) is -1.97. The van der Waals surface area contributed by atoms with Crippen molar-refractivity contribution in [2.45, 2.75) is 28.8 Å². The number of carboxylic acids is 1. The number of nitrogens with zero attached hydrogens (tertiary/aromatic N) is 4. The number of nitrogens with one attached hydrogen (secondary N) is 2. The normalized spacial score (nSPS) is 19.5. The van der Waals surface area contributed by atoms with E-state index in [1.165, 1.54) is 40.2 Å². The SMILES string of the molecule is N=c1scc(CC(=O)NC2C(=O)N3C(C(=O)[O-])=C(CSc4nnc(CO)s4)CS[C@@H]23)n1O.[Na+]. The van der Waals surface area contributed by atoms with Gasteiger partial charge in [-0.15, -0.1) is 33.3 Å². The van der Waals surface area contributed by atoms with E-state index in [2.05, 4.69) is 15.5 Å². The Morgan fingerprint density at radius 1 is 1.39 bits per heavy atom. The molecule has 2 atom stereocenters. The molecule has 1 unspecified atom stereocenters. The minimum Gasteiger partial charge on any atom is -0.543 e. The van der Waals surface area contributed by atoms with Crippen LogP contribution in [0.4, 0.5) is 0 Å². The Bertz CT molecular complexity index is 1180. The van der Waals surface area contributed by atoms with Crippen molar-refractivity contribution in [3.8, 4) is 0 Å². The van der Waals surface area contributed by atoms with Crippen molar-refractivity contribution < 1.29 is 59.4 Å². The Balaban J connectivity index is 0.00000306. The fraction of sp³-hybridized carbons (Fsp3) is 0.375. The number of thiazole rings is 1. The number of thioether (sulfide) groups is 2. The minimum absolute atomic E-state index is 0. The van der Waals surface area contributed by atoms with Crippen LogP contribution in [-0.2, 0) is 27.4 Å².